The molecular weight excluding hydrogens is 389 g/mol. The van der Waals surface area contributed by atoms with Gasteiger partial charge in [-0.25, -0.2) is 0 Å². The lowest BCUT2D eigenvalue weighted by atomic mass is 10.0. The van der Waals surface area contributed by atoms with Gasteiger partial charge in [0.1, 0.15) is 0 Å². The first-order valence-electron chi connectivity index (χ1n) is 9.41. The average Bonchev–Trinajstić information content (AvgIpc) is 3.23. The van der Waals surface area contributed by atoms with Crippen LogP contribution in [0.3, 0.4) is 0 Å². The van der Waals surface area contributed by atoms with Gasteiger partial charge in [0.2, 0.25) is 13.2 Å². The molecule has 3 aromatic carbocycles. The number of amides is 1. The van der Waals surface area contributed by atoms with Crippen LogP contribution in [-0.4, -0.2) is 10.6 Å². The average molecular weight is 408 g/mol. The molecule has 0 N–H and O–H groups in total. The van der Waals surface area contributed by atoms with Crippen LogP contribution in [0.15, 0.2) is 78.9 Å². The molecule has 3 nitrogen and oxygen atoms in total. The van der Waals surface area contributed by atoms with Crippen molar-refractivity contribution in [3.63, 3.8) is 0 Å². The third-order valence-corrected chi connectivity index (χ3v) is 9.14. The highest BCUT2D eigenvalue weighted by atomic mass is 35.5. The molecule has 0 bridgehead atoms. The van der Waals surface area contributed by atoms with Gasteiger partial charge in [-0.15, -0.1) is 0 Å². The Morgan fingerprint density at radius 2 is 1.46 bits per heavy atom. The summed E-state index contributed by atoms with van der Waals surface area (Å²) in [6.07, 6.45) is 1.24. The van der Waals surface area contributed by atoms with Crippen LogP contribution in [0.2, 0.25) is 5.02 Å². The number of hydrogen-bond acceptors (Lipinski definition) is 2. The molecule has 0 unspecified atom stereocenters. The van der Waals surface area contributed by atoms with Crippen LogP contribution in [0.4, 0.5) is 0 Å². The monoisotopic (exact) mass is 407 g/mol. The van der Waals surface area contributed by atoms with Crippen LogP contribution >= 0.6 is 18.9 Å². The summed E-state index contributed by atoms with van der Waals surface area (Å²) in [5.41, 5.74) is 2.24. The largest absolute Gasteiger partial charge is 0.290 e. The molecule has 0 radical (unpaired) electrons. The van der Waals surface area contributed by atoms with Gasteiger partial charge in [0.25, 0.3) is 0 Å². The summed E-state index contributed by atoms with van der Waals surface area (Å²) >= 11 is 6.27. The lowest BCUT2D eigenvalue weighted by molar-refractivity contribution is -0.124. The van der Waals surface area contributed by atoms with Crippen LogP contribution in [0.5, 0.6) is 0 Å². The number of nitrogens with zero attached hydrogens (tertiary/aromatic N) is 1. The molecule has 2 atom stereocenters. The van der Waals surface area contributed by atoms with Gasteiger partial charge in [0, 0.05) is 22.1 Å². The Hall–Kier alpha value is -2.35. The molecular formula is C23H19ClNO2P. The van der Waals surface area contributed by atoms with E-state index < -0.39 is 7.29 Å². The minimum Gasteiger partial charge on any atom is -0.290 e. The summed E-state index contributed by atoms with van der Waals surface area (Å²) in [7, 11) is -3.33. The molecule has 5 heteroatoms. The predicted octanol–water partition coefficient (Wildman–Crippen LogP) is 4.71. The second kappa shape index (κ2) is 6.62. The van der Waals surface area contributed by atoms with E-state index in [1.54, 1.807) is 4.67 Å². The van der Waals surface area contributed by atoms with E-state index in [1.165, 1.54) is 5.56 Å². The van der Waals surface area contributed by atoms with E-state index in [2.05, 4.69) is 0 Å². The van der Waals surface area contributed by atoms with E-state index in [0.29, 0.717) is 22.1 Å². The highest BCUT2D eigenvalue weighted by Gasteiger charge is 2.53. The smallest absolute Gasteiger partial charge is 0.232 e. The highest BCUT2D eigenvalue weighted by molar-refractivity contribution is 7.77. The van der Waals surface area contributed by atoms with Crippen LogP contribution < -0.4 is 10.6 Å². The Morgan fingerprint density at radius 1 is 0.857 bits per heavy atom. The maximum Gasteiger partial charge on any atom is 0.232 e. The molecule has 0 spiro atoms. The highest BCUT2D eigenvalue weighted by Crippen LogP contribution is 2.60. The van der Waals surface area contributed by atoms with Crippen molar-refractivity contribution >= 4 is 35.4 Å². The molecule has 5 rings (SSSR count). The first kappa shape index (κ1) is 17.7. The zero-order valence-electron chi connectivity index (χ0n) is 15.2. The Labute approximate surface area is 169 Å². The zero-order chi connectivity index (χ0) is 19.3. The summed E-state index contributed by atoms with van der Waals surface area (Å²) in [5.74, 6) is 0.0957. The van der Waals surface area contributed by atoms with Gasteiger partial charge in [0.15, 0.2) is 0 Å². The van der Waals surface area contributed by atoms with E-state index in [4.69, 9.17) is 11.6 Å². The molecule has 0 saturated carbocycles. The van der Waals surface area contributed by atoms with Crippen LogP contribution in [0.25, 0.3) is 0 Å². The normalized spacial score (nSPS) is 20.9. The SMILES string of the molecule is O=C1C[C@H]2Cc3ccc(Cl)cc3[C@H]2N1P(=O)(c1ccccc1)c1ccccc1. The number of fused-ring (bicyclic) bond motifs is 3. The third kappa shape index (κ3) is 2.57. The second-order valence-electron chi connectivity index (χ2n) is 7.44. The first-order valence-corrected chi connectivity index (χ1v) is 11.4. The number of hydrogen-bond donors (Lipinski definition) is 0. The van der Waals surface area contributed by atoms with Gasteiger partial charge in [-0.2, -0.15) is 0 Å². The molecule has 2 aliphatic rings. The second-order valence-corrected chi connectivity index (χ2v) is 10.5. The molecule has 3 aromatic rings. The number of carbonyl (C=O) groups excluding carboxylic acids is 1. The topological polar surface area (TPSA) is 37.4 Å². The maximum absolute atomic E-state index is 14.7. The van der Waals surface area contributed by atoms with Crippen molar-refractivity contribution in [2.24, 2.45) is 5.92 Å². The minimum absolute atomic E-state index is 0.0448. The van der Waals surface area contributed by atoms with Crippen molar-refractivity contribution in [1.82, 2.24) is 4.67 Å². The van der Waals surface area contributed by atoms with Crippen molar-refractivity contribution in [2.45, 2.75) is 18.9 Å². The number of benzene rings is 3. The molecule has 1 aliphatic carbocycles. The lowest BCUT2D eigenvalue weighted by Gasteiger charge is -2.34. The Balaban J connectivity index is 1.73. The summed E-state index contributed by atoms with van der Waals surface area (Å²) in [5, 5.41) is 2.02. The van der Waals surface area contributed by atoms with E-state index >= 15 is 0 Å². The quantitative estimate of drug-likeness (QED) is 0.589. The fourth-order valence-corrected chi connectivity index (χ4v) is 7.84. The summed E-state index contributed by atoms with van der Waals surface area (Å²) in [6, 6.07) is 24.4. The molecule has 0 aromatic heterocycles. The summed E-state index contributed by atoms with van der Waals surface area (Å²) in [4.78, 5) is 13.2. The molecule has 1 amide bonds. The number of halogens is 1. The first-order chi connectivity index (χ1) is 13.6. The standard InChI is InChI=1S/C23H19ClNO2P/c24-18-12-11-16-13-17-14-22(26)25(23(17)21(16)15-18)28(27,19-7-3-1-4-8-19)20-9-5-2-6-10-20/h1-12,15,17,23H,13-14H2/t17-,23+/m1/s1. The fourth-order valence-electron chi connectivity index (χ4n) is 4.65. The zero-order valence-corrected chi connectivity index (χ0v) is 16.8. The molecule has 28 heavy (non-hydrogen) atoms. The Kier molecular flexibility index (Phi) is 4.19. The minimum atomic E-state index is -3.33. The number of carbonyl (C=O) groups is 1. The van der Waals surface area contributed by atoms with Crippen molar-refractivity contribution < 1.29 is 9.36 Å². The van der Waals surface area contributed by atoms with Crippen LogP contribution in [0.1, 0.15) is 23.6 Å². The van der Waals surface area contributed by atoms with E-state index in [1.807, 2.05) is 78.9 Å². The van der Waals surface area contributed by atoms with Gasteiger partial charge in [-0.1, -0.05) is 54.1 Å². The molecule has 1 aliphatic heterocycles. The predicted molar refractivity (Wildman–Crippen MR) is 113 cm³/mol. The summed E-state index contributed by atoms with van der Waals surface area (Å²) < 4.78 is 16.4. The summed E-state index contributed by atoms with van der Waals surface area (Å²) in [6.45, 7) is 0. The van der Waals surface area contributed by atoms with Crippen molar-refractivity contribution in [1.29, 1.82) is 0 Å². The molecule has 1 saturated heterocycles. The molecule has 140 valence electrons. The maximum atomic E-state index is 14.7. The lowest BCUT2D eigenvalue weighted by Crippen LogP contribution is -2.35. The van der Waals surface area contributed by atoms with E-state index in [-0.39, 0.29) is 17.9 Å². The van der Waals surface area contributed by atoms with E-state index in [0.717, 1.165) is 12.0 Å². The van der Waals surface area contributed by atoms with E-state index in [9.17, 15) is 9.36 Å². The Morgan fingerprint density at radius 3 is 2.07 bits per heavy atom. The molecule has 1 heterocycles. The van der Waals surface area contributed by atoms with Crippen LogP contribution in [-0.2, 0) is 15.8 Å². The van der Waals surface area contributed by atoms with Crippen molar-refractivity contribution in [2.75, 3.05) is 0 Å². The van der Waals surface area contributed by atoms with Gasteiger partial charge < -0.3 is 0 Å². The van der Waals surface area contributed by atoms with Gasteiger partial charge in [0.05, 0.1) is 6.04 Å². The van der Waals surface area contributed by atoms with Crippen LogP contribution in [0, 0.1) is 5.92 Å². The van der Waals surface area contributed by atoms with Gasteiger partial charge >= 0.3 is 0 Å². The van der Waals surface area contributed by atoms with Gasteiger partial charge in [-0.05, 0) is 59.9 Å². The number of rotatable bonds is 3. The van der Waals surface area contributed by atoms with Crippen molar-refractivity contribution in [3.8, 4) is 0 Å². The third-order valence-electron chi connectivity index (χ3n) is 5.83. The fraction of sp³-hybridized carbons (Fsp3) is 0.174. The van der Waals surface area contributed by atoms with Crippen molar-refractivity contribution in [3.05, 3.63) is 95.0 Å². The Bertz CT molecular complexity index is 1060. The van der Waals surface area contributed by atoms with Gasteiger partial charge in [-0.3, -0.25) is 14.0 Å². The molecule has 1 fully saturated rings.